The predicted molar refractivity (Wildman–Crippen MR) is 75.5 cm³/mol. The number of nitrogens with one attached hydrogen (secondary N) is 2. The Labute approximate surface area is 118 Å². The van der Waals surface area contributed by atoms with Crippen molar-refractivity contribution in [3.63, 3.8) is 0 Å². The second-order valence-electron chi connectivity index (χ2n) is 4.51. The van der Waals surface area contributed by atoms with Crippen molar-refractivity contribution < 1.29 is 14.3 Å². The van der Waals surface area contributed by atoms with Gasteiger partial charge in [0.15, 0.2) is 11.5 Å². The first-order valence-corrected chi connectivity index (χ1v) is 6.40. The molecule has 6 heteroatoms. The number of carbonyl (C=O) groups is 1. The number of rotatable bonds is 6. The summed E-state index contributed by atoms with van der Waals surface area (Å²) in [6.07, 6.45) is 0. The maximum Gasteiger partial charge on any atom is 0.259 e. The van der Waals surface area contributed by atoms with E-state index in [9.17, 15) is 4.79 Å². The number of methoxy groups -OCH3 is 2. The molecule has 1 amide bonds. The third-order valence-electron chi connectivity index (χ3n) is 3.14. The minimum Gasteiger partial charge on any atom is -0.383 e. The van der Waals surface area contributed by atoms with E-state index < -0.39 is 5.54 Å². The van der Waals surface area contributed by atoms with Crippen LogP contribution in [0.3, 0.4) is 0 Å². The zero-order chi connectivity index (χ0) is 14.4. The lowest BCUT2D eigenvalue weighted by Gasteiger charge is -2.25. The van der Waals surface area contributed by atoms with Gasteiger partial charge in [0, 0.05) is 14.2 Å². The number of aliphatic imine (C=N–C) groups is 1. The Kier molecular flexibility index (Phi) is 4.70. The van der Waals surface area contributed by atoms with Crippen LogP contribution in [0.2, 0.25) is 0 Å². The van der Waals surface area contributed by atoms with Crippen LogP contribution in [0, 0.1) is 0 Å². The number of carbonyl (C=O) groups excluding carboxylic acids is 1. The standard InChI is InChI=1S/C14H19N3O3/c1-19-9-8-15-13-16-12(18)14(17-13,10-20-2)11-6-4-3-5-7-11/h3-7H,8-10H2,1-2H3,(H2,15,16,17,18). The van der Waals surface area contributed by atoms with E-state index in [4.69, 9.17) is 9.47 Å². The molecule has 108 valence electrons. The third-order valence-corrected chi connectivity index (χ3v) is 3.14. The molecule has 1 saturated heterocycles. The van der Waals surface area contributed by atoms with Crippen molar-refractivity contribution in [1.29, 1.82) is 0 Å². The van der Waals surface area contributed by atoms with E-state index in [1.807, 2.05) is 30.3 Å². The summed E-state index contributed by atoms with van der Waals surface area (Å²) in [6.45, 7) is 1.22. The van der Waals surface area contributed by atoms with Crippen molar-refractivity contribution in [3.8, 4) is 0 Å². The van der Waals surface area contributed by atoms with Gasteiger partial charge in [-0.3, -0.25) is 15.1 Å². The summed E-state index contributed by atoms with van der Waals surface area (Å²) in [5.41, 5.74) is -0.0849. The molecule has 1 aliphatic rings. The van der Waals surface area contributed by atoms with E-state index in [1.165, 1.54) is 0 Å². The molecule has 0 radical (unpaired) electrons. The second kappa shape index (κ2) is 6.49. The molecule has 20 heavy (non-hydrogen) atoms. The summed E-state index contributed by atoms with van der Waals surface area (Å²) in [5.74, 6) is 0.287. The number of nitrogens with zero attached hydrogens (tertiary/aromatic N) is 1. The highest BCUT2D eigenvalue weighted by atomic mass is 16.5. The molecule has 1 atom stereocenters. The topological polar surface area (TPSA) is 72.0 Å². The average molecular weight is 277 g/mol. The van der Waals surface area contributed by atoms with E-state index in [2.05, 4.69) is 15.6 Å². The van der Waals surface area contributed by atoms with Crippen molar-refractivity contribution in [2.45, 2.75) is 5.54 Å². The van der Waals surface area contributed by atoms with Crippen molar-refractivity contribution in [2.24, 2.45) is 4.99 Å². The summed E-state index contributed by atoms with van der Waals surface area (Å²) in [6, 6.07) is 9.47. The minimum absolute atomic E-state index is 0.165. The van der Waals surface area contributed by atoms with Crippen LogP contribution in [0.15, 0.2) is 35.3 Å². The summed E-state index contributed by atoms with van der Waals surface area (Å²) in [5, 5.41) is 5.89. The first-order valence-electron chi connectivity index (χ1n) is 6.40. The van der Waals surface area contributed by atoms with Gasteiger partial charge in [-0.2, -0.15) is 0 Å². The molecule has 1 fully saturated rings. The van der Waals surface area contributed by atoms with Crippen LogP contribution in [0.5, 0.6) is 0 Å². The molecule has 1 unspecified atom stereocenters. The molecule has 0 aromatic heterocycles. The van der Waals surface area contributed by atoms with Crippen LogP contribution in [-0.4, -0.2) is 45.8 Å². The smallest absolute Gasteiger partial charge is 0.259 e. The highest BCUT2D eigenvalue weighted by Crippen LogP contribution is 2.25. The van der Waals surface area contributed by atoms with Crippen molar-refractivity contribution >= 4 is 11.9 Å². The van der Waals surface area contributed by atoms with Gasteiger partial charge in [0.25, 0.3) is 5.91 Å². The summed E-state index contributed by atoms with van der Waals surface area (Å²) in [4.78, 5) is 16.6. The van der Waals surface area contributed by atoms with Crippen molar-refractivity contribution in [2.75, 3.05) is 34.0 Å². The summed E-state index contributed by atoms with van der Waals surface area (Å²) < 4.78 is 10.2. The number of hydrogen-bond donors (Lipinski definition) is 2. The van der Waals surface area contributed by atoms with E-state index in [-0.39, 0.29) is 12.5 Å². The zero-order valence-electron chi connectivity index (χ0n) is 11.7. The molecule has 2 rings (SSSR count). The largest absolute Gasteiger partial charge is 0.383 e. The first-order chi connectivity index (χ1) is 9.73. The third kappa shape index (κ3) is 2.81. The van der Waals surface area contributed by atoms with Gasteiger partial charge in [-0.05, 0) is 5.56 Å². The Balaban J connectivity index is 2.25. The van der Waals surface area contributed by atoms with Gasteiger partial charge in [-0.1, -0.05) is 30.3 Å². The van der Waals surface area contributed by atoms with Crippen LogP contribution in [-0.2, 0) is 19.8 Å². The average Bonchev–Trinajstić information content (AvgIpc) is 2.78. The van der Waals surface area contributed by atoms with Gasteiger partial charge in [0.05, 0.1) is 19.8 Å². The SMILES string of the molecule is COCCN=C1NC(=O)C(COC)(c2ccccc2)N1. The maximum atomic E-state index is 12.4. The molecule has 0 saturated carbocycles. The fourth-order valence-electron chi connectivity index (χ4n) is 2.16. The van der Waals surface area contributed by atoms with Crippen LogP contribution >= 0.6 is 0 Å². The normalized spacial score (nSPS) is 23.7. The van der Waals surface area contributed by atoms with Crippen LogP contribution < -0.4 is 10.6 Å². The van der Waals surface area contributed by atoms with Crippen molar-refractivity contribution in [3.05, 3.63) is 35.9 Å². The molecule has 1 heterocycles. The Bertz CT molecular complexity index is 490. The monoisotopic (exact) mass is 277 g/mol. The Morgan fingerprint density at radius 3 is 2.60 bits per heavy atom. The molecule has 1 aliphatic heterocycles. The Morgan fingerprint density at radius 2 is 1.95 bits per heavy atom. The van der Waals surface area contributed by atoms with Crippen LogP contribution in [0.4, 0.5) is 0 Å². The molecule has 1 aromatic rings. The first kappa shape index (κ1) is 14.5. The molecule has 0 spiro atoms. The van der Waals surface area contributed by atoms with Gasteiger partial charge >= 0.3 is 0 Å². The Hall–Kier alpha value is -1.92. The van der Waals surface area contributed by atoms with E-state index in [1.54, 1.807) is 14.2 Å². The van der Waals surface area contributed by atoms with Gasteiger partial charge in [-0.25, -0.2) is 0 Å². The van der Waals surface area contributed by atoms with Crippen LogP contribution in [0.1, 0.15) is 5.56 Å². The summed E-state index contributed by atoms with van der Waals surface area (Å²) >= 11 is 0. The number of benzene rings is 1. The fourth-order valence-corrected chi connectivity index (χ4v) is 2.16. The molecular weight excluding hydrogens is 258 g/mol. The zero-order valence-corrected chi connectivity index (χ0v) is 11.7. The molecule has 1 aromatic carbocycles. The number of hydrogen-bond acceptors (Lipinski definition) is 4. The van der Waals surface area contributed by atoms with Crippen LogP contribution in [0.25, 0.3) is 0 Å². The lowest BCUT2D eigenvalue weighted by Crippen LogP contribution is -2.47. The Morgan fingerprint density at radius 1 is 1.20 bits per heavy atom. The minimum atomic E-state index is -0.929. The fraction of sp³-hybridized carbons (Fsp3) is 0.429. The summed E-state index contributed by atoms with van der Waals surface area (Å²) in [7, 11) is 3.18. The second-order valence-corrected chi connectivity index (χ2v) is 4.51. The maximum absolute atomic E-state index is 12.4. The van der Waals surface area contributed by atoms with Crippen molar-refractivity contribution in [1.82, 2.24) is 10.6 Å². The van der Waals surface area contributed by atoms with Gasteiger partial charge in [0.1, 0.15) is 0 Å². The number of guanidine groups is 1. The van der Waals surface area contributed by atoms with Gasteiger partial charge in [0.2, 0.25) is 0 Å². The lowest BCUT2D eigenvalue weighted by atomic mass is 9.91. The molecule has 0 aliphatic carbocycles. The predicted octanol–water partition coefficient (Wildman–Crippen LogP) is 0.250. The number of amides is 1. The molecule has 0 bridgehead atoms. The highest BCUT2D eigenvalue weighted by molar-refractivity contribution is 6.09. The quantitative estimate of drug-likeness (QED) is 0.731. The highest BCUT2D eigenvalue weighted by Gasteiger charge is 2.46. The lowest BCUT2D eigenvalue weighted by molar-refractivity contribution is -0.126. The van der Waals surface area contributed by atoms with E-state index in [0.29, 0.717) is 19.1 Å². The van der Waals surface area contributed by atoms with Gasteiger partial charge < -0.3 is 14.8 Å². The molecule has 6 nitrogen and oxygen atoms in total. The van der Waals surface area contributed by atoms with E-state index in [0.717, 1.165) is 5.56 Å². The van der Waals surface area contributed by atoms with E-state index >= 15 is 0 Å². The molecular formula is C14H19N3O3. The molecule has 2 N–H and O–H groups in total. The number of ether oxygens (including phenoxy) is 2. The van der Waals surface area contributed by atoms with Gasteiger partial charge in [-0.15, -0.1) is 0 Å².